The molecule has 0 amide bonds. The van der Waals surface area contributed by atoms with Gasteiger partial charge in [-0.15, -0.1) is 0 Å². The van der Waals surface area contributed by atoms with E-state index in [0.29, 0.717) is 0 Å². The smallest absolute Gasteiger partial charge is 0.270 e. The van der Waals surface area contributed by atoms with Gasteiger partial charge in [-0.1, -0.05) is 48.5 Å². The first kappa shape index (κ1) is 20.0. The molecule has 8 aromatic rings. The van der Waals surface area contributed by atoms with Crippen LogP contribution in [0.25, 0.3) is 44.1 Å². The third kappa shape index (κ3) is 2.61. The summed E-state index contributed by atoms with van der Waals surface area (Å²) in [6.45, 7) is 0. The van der Waals surface area contributed by atoms with Crippen LogP contribution in [0.2, 0.25) is 0 Å². The van der Waals surface area contributed by atoms with Gasteiger partial charge in [-0.2, -0.15) is 0 Å². The van der Waals surface area contributed by atoms with Crippen LogP contribution in [-0.4, -0.2) is 38.2 Å². The first-order valence-electron chi connectivity index (χ1n) is 12.1. The highest BCUT2D eigenvalue weighted by molar-refractivity contribution is 5.81. The van der Waals surface area contributed by atoms with E-state index in [1.165, 1.54) is 0 Å². The molecule has 0 atom stereocenters. The molecule has 8 nitrogen and oxygen atoms in total. The van der Waals surface area contributed by atoms with Crippen molar-refractivity contribution in [3.05, 3.63) is 122 Å². The molecule has 0 saturated heterocycles. The predicted molar refractivity (Wildman–Crippen MR) is 143 cm³/mol. The van der Waals surface area contributed by atoms with Crippen LogP contribution in [0.5, 0.6) is 0 Å². The lowest BCUT2D eigenvalue weighted by Gasteiger charge is -2.40. The quantitative estimate of drug-likeness (QED) is 0.343. The molecule has 0 aliphatic rings. The molecule has 0 aliphatic carbocycles. The first-order valence-corrected chi connectivity index (χ1v) is 12.1. The van der Waals surface area contributed by atoms with Gasteiger partial charge in [-0.3, -0.25) is 18.3 Å². The summed E-state index contributed by atoms with van der Waals surface area (Å²) in [5.41, 5.74) is 7.45. The Kier molecular flexibility index (Phi) is 3.99. The van der Waals surface area contributed by atoms with E-state index in [2.05, 4.69) is 42.5 Å². The maximum absolute atomic E-state index is 4.82. The summed E-state index contributed by atoms with van der Waals surface area (Å²) < 4.78 is 8.72. The third-order valence-electron chi connectivity index (χ3n) is 7.11. The van der Waals surface area contributed by atoms with Gasteiger partial charge in [-0.05, 0) is 48.5 Å². The molecular weight excluding hydrogens is 460 g/mol. The summed E-state index contributed by atoms with van der Waals surface area (Å²) in [6, 6.07) is 32.7. The summed E-state index contributed by atoms with van der Waals surface area (Å²) >= 11 is 0. The van der Waals surface area contributed by atoms with Gasteiger partial charge in [0, 0.05) is 0 Å². The zero-order chi connectivity index (χ0) is 24.4. The molecule has 4 heterocycles. The molecule has 4 aromatic heterocycles. The number of hydrogen-bond acceptors (Lipinski definition) is 4. The fourth-order valence-corrected chi connectivity index (χ4v) is 5.49. The second kappa shape index (κ2) is 7.38. The number of aromatic nitrogens is 8. The summed E-state index contributed by atoms with van der Waals surface area (Å²) in [5, 5.41) is 0. The molecule has 8 heteroatoms. The maximum atomic E-state index is 4.82. The molecule has 0 fully saturated rings. The number of hydrogen-bond donors (Lipinski definition) is 0. The average Bonchev–Trinajstić information content (AvgIpc) is 3.75. The molecule has 0 spiro atoms. The van der Waals surface area contributed by atoms with Gasteiger partial charge in [0.05, 0.1) is 44.1 Å². The molecule has 0 N–H and O–H groups in total. The second-order valence-corrected chi connectivity index (χ2v) is 9.01. The molecule has 0 bridgehead atoms. The van der Waals surface area contributed by atoms with Crippen molar-refractivity contribution in [3.8, 4) is 0 Å². The minimum atomic E-state index is -1.07. The topological polar surface area (TPSA) is 71.3 Å². The lowest BCUT2D eigenvalue weighted by atomic mass is 10.2. The SMILES string of the molecule is c1ccc2c(c1)ncn2C(n1cnc2ccccc21)(n1cnc2ccccc21)n1cnc2ccccc21. The molecule has 4 aromatic carbocycles. The van der Waals surface area contributed by atoms with Crippen LogP contribution in [0.1, 0.15) is 0 Å². The van der Waals surface area contributed by atoms with Gasteiger partial charge in [0.15, 0.2) is 0 Å². The van der Waals surface area contributed by atoms with Gasteiger partial charge in [-0.25, -0.2) is 19.9 Å². The monoisotopic (exact) mass is 480 g/mol. The Balaban J connectivity index is 1.65. The normalized spacial score (nSPS) is 12.3. The van der Waals surface area contributed by atoms with E-state index in [0.717, 1.165) is 44.1 Å². The van der Waals surface area contributed by atoms with Crippen molar-refractivity contribution >= 4 is 44.1 Å². The van der Waals surface area contributed by atoms with Crippen LogP contribution in [0.15, 0.2) is 122 Å². The number of para-hydroxylation sites is 8. The van der Waals surface area contributed by atoms with Crippen molar-refractivity contribution < 1.29 is 0 Å². The second-order valence-electron chi connectivity index (χ2n) is 9.01. The Bertz CT molecular complexity index is 1770. The van der Waals surface area contributed by atoms with Crippen LogP contribution in [0.4, 0.5) is 0 Å². The van der Waals surface area contributed by atoms with Crippen molar-refractivity contribution in [2.45, 2.75) is 5.91 Å². The largest absolute Gasteiger partial charge is 0.298 e. The number of benzene rings is 4. The van der Waals surface area contributed by atoms with Crippen molar-refractivity contribution in [1.29, 1.82) is 0 Å². The van der Waals surface area contributed by atoms with E-state index < -0.39 is 5.91 Å². The summed E-state index contributed by atoms with van der Waals surface area (Å²) in [4.78, 5) is 19.3. The predicted octanol–water partition coefficient (Wildman–Crippen LogP) is 5.30. The fourth-order valence-electron chi connectivity index (χ4n) is 5.49. The first-order chi connectivity index (χ1) is 18.4. The number of fused-ring (bicyclic) bond motifs is 4. The minimum Gasteiger partial charge on any atom is -0.270 e. The van der Waals surface area contributed by atoms with E-state index in [4.69, 9.17) is 19.9 Å². The van der Waals surface area contributed by atoms with Crippen LogP contribution in [-0.2, 0) is 5.91 Å². The Hall–Kier alpha value is -5.24. The summed E-state index contributed by atoms with van der Waals surface area (Å²) in [5.74, 6) is -1.07. The zero-order valence-electron chi connectivity index (χ0n) is 19.6. The van der Waals surface area contributed by atoms with Gasteiger partial charge in [0.2, 0.25) is 0 Å². The van der Waals surface area contributed by atoms with Crippen LogP contribution in [0, 0.1) is 0 Å². The Morgan fingerprint density at radius 1 is 0.351 bits per heavy atom. The van der Waals surface area contributed by atoms with Gasteiger partial charge in [0.1, 0.15) is 25.3 Å². The number of imidazole rings is 4. The highest BCUT2D eigenvalue weighted by Gasteiger charge is 2.43. The van der Waals surface area contributed by atoms with Gasteiger partial charge >= 0.3 is 0 Å². The molecule has 8 rings (SSSR count). The molecule has 0 unspecified atom stereocenters. The van der Waals surface area contributed by atoms with Crippen molar-refractivity contribution in [1.82, 2.24) is 38.2 Å². The third-order valence-corrected chi connectivity index (χ3v) is 7.11. The average molecular weight is 481 g/mol. The van der Waals surface area contributed by atoms with Crippen LogP contribution >= 0.6 is 0 Å². The molecule has 0 saturated carbocycles. The highest BCUT2D eigenvalue weighted by Crippen LogP contribution is 2.36. The zero-order valence-corrected chi connectivity index (χ0v) is 19.6. The Morgan fingerprint density at radius 3 is 0.865 bits per heavy atom. The highest BCUT2D eigenvalue weighted by atomic mass is 15.6. The fraction of sp³-hybridized carbons (Fsp3) is 0.0345. The molecule has 176 valence electrons. The lowest BCUT2D eigenvalue weighted by Crippen LogP contribution is -2.52. The van der Waals surface area contributed by atoms with Crippen molar-refractivity contribution in [3.63, 3.8) is 0 Å². The van der Waals surface area contributed by atoms with E-state index >= 15 is 0 Å². The van der Waals surface area contributed by atoms with E-state index in [1.54, 1.807) is 0 Å². The number of rotatable bonds is 4. The maximum Gasteiger partial charge on any atom is 0.298 e. The lowest BCUT2D eigenvalue weighted by molar-refractivity contribution is 0.153. The minimum absolute atomic E-state index is 0.894. The van der Waals surface area contributed by atoms with Gasteiger partial charge < -0.3 is 0 Å². The van der Waals surface area contributed by atoms with Crippen LogP contribution in [0.3, 0.4) is 0 Å². The molecule has 0 radical (unpaired) electrons. The molecule has 0 aliphatic heterocycles. The summed E-state index contributed by atoms with van der Waals surface area (Å²) in [6.07, 6.45) is 7.57. The van der Waals surface area contributed by atoms with Crippen molar-refractivity contribution in [2.24, 2.45) is 0 Å². The Labute approximate surface area is 210 Å². The number of nitrogens with zero attached hydrogens (tertiary/aromatic N) is 8. The van der Waals surface area contributed by atoms with Gasteiger partial charge in [0.25, 0.3) is 5.91 Å². The van der Waals surface area contributed by atoms with Crippen LogP contribution < -0.4 is 0 Å². The van der Waals surface area contributed by atoms with E-state index in [1.807, 2.05) is 98.1 Å². The standard InChI is InChI=1S/C29H20N8/c1-5-13-25-21(9-1)30-17-34(25)29(35-18-31-22-10-2-6-14-26(22)35,36-19-32-23-11-3-7-15-27(23)36)37-20-33-24-12-4-8-16-28(24)37/h1-20H. The van der Waals surface area contributed by atoms with E-state index in [9.17, 15) is 0 Å². The molecular formula is C29H20N8. The van der Waals surface area contributed by atoms with E-state index in [-0.39, 0.29) is 0 Å². The molecule has 37 heavy (non-hydrogen) atoms. The summed E-state index contributed by atoms with van der Waals surface area (Å²) in [7, 11) is 0. The van der Waals surface area contributed by atoms with Crippen molar-refractivity contribution in [2.75, 3.05) is 0 Å². The Morgan fingerprint density at radius 2 is 0.595 bits per heavy atom.